The predicted molar refractivity (Wildman–Crippen MR) is 107 cm³/mol. The Bertz CT molecular complexity index is 526. The first kappa shape index (κ1) is 22.2. The third kappa shape index (κ3) is 8.01. The standard InChI is InChI=1S/C19H35N5O2/c1-15(2)24(16(3)4)11-10-22-19(20-5)23-14-17-8-7-9-21-18(17)26-13-12-25-6/h7-9,15-16H,10-14H2,1-6H3,(H2,20,22,23). The molecule has 1 aromatic heterocycles. The smallest absolute Gasteiger partial charge is 0.218 e. The second-order valence-corrected chi connectivity index (χ2v) is 6.59. The summed E-state index contributed by atoms with van der Waals surface area (Å²) >= 11 is 0. The van der Waals surface area contributed by atoms with Gasteiger partial charge in [0.05, 0.1) is 6.61 Å². The third-order valence-electron chi connectivity index (χ3n) is 4.04. The van der Waals surface area contributed by atoms with Gasteiger partial charge in [0.2, 0.25) is 5.88 Å². The van der Waals surface area contributed by atoms with E-state index in [9.17, 15) is 0 Å². The highest BCUT2D eigenvalue weighted by Gasteiger charge is 2.13. The predicted octanol–water partition coefficient (Wildman–Crippen LogP) is 1.89. The number of hydrogen-bond donors (Lipinski definition) is 2. The van der Waals surface area contributed by atoms with Crippen LogP contribution in [0.5, 0.6) is 5.88 Å². The summed E-state index contributed by atoms with van der Waals surface area (Å²) < 4.78 is 10.7. The summed E-state index contributed by atoms with van der Waals surface area (Å²) in [6.07, 6.45) is 1.73. The molecule has 0 fully saturated rings. The number of aromatic nitrogens is 1. The fourth-order valence-electron chi connectivity index (χ4n) is 2.73. The van der Waals surface area contributed by atoms with E-state index in [-0.39, 0.29) is 0 Å². The maximum absolute atomic E-state index is 5.67. The number of nitrogens with zero attached hydrogens (tertiary/aromatic N) is 3. The number of aliphatic imine (C=N–C) groups is 1. The lowest BCUT2D eigenvalue weighted by Gasteiger charge is -2.30. The number of pyridine rings is 1. The average molecular weight is 366 g/mol. The van der Waals surface area contributed by atoms with Gasteiger partial charge in [0.25, 0.3) is 0 Å². The lowest BCUT2D eigenvalue weighted by atomic mass is 10.2. The Hall–Kier alpha value is -1.86. The fraction of sp³-hybridized carbons (Fsp3) is 0.684. The van der Waals surface area contributed by atoms with Gasteiger partial charge in [-0.1, -0.05) is 6.07 Å². The zero-order valence-electron chi connectivity index (χ0n) is 17.1. The minimum Gasteiger partial charge on any atom is -0.475 e. The molecule has 0 spiro atoms. The molecule has 26 heavy (non-hydrogen) atoms. The van der Waals surface area contributed by atoms with Gasteiger partial charge in [-0.3, -0.25) is 9.89 Å². The van der Waals surface area contributed by atoms with Gasteiger partial charge < -0.3 is 20.1 Å². The zero-order chi connectivity index (χ0) is 19.4. The van der Waals surface area contributed by atoms with Crippen LogP contribution in [0.15, 0.2) is 23.3 Å². The molecule has 0 amide bonds. The van der Waals surface area contributed by atoms with Crippen LogP contribution in [0.2, 0.25) is 0 Å². The topological polar surface area (TPSA) is 71.0 Å². The van der Waals surface area contributed by atoms with Gasteiger partial charge in [0.15, 0.2) is 5.96 Å². The van der Waals surface area contributed by atoms with E-state index in [1.54, 1.807) is 20.4 Å². The van der Waals surface area contributed by atoms with E-state index in [2.05, 4.69) is 53.2 Å². The molecular formula is C19H35N5O2. The van der Waals surface area contributed by atoms with Crippen molar-refractivity contribution >= 4 is 5.96 Å². The number of hydrogen-bond acceptors (Lipinski definition) is 5. The maximum Gasteiger partial charge on any atom is 0.218 e. The number of rotatable bonds is 11. The van der Waals surface area contributed by atoms with E-state index in [1.165, 1.54) is 0 Å². The molecule has 7 heteroatoms. The summed E-state index contributed by atoms with van der Waals surface area (Å²) in [5.74, 6) is 1.39. The summed E-state index contributed by atoms with van der Waals surface area (Å²) in [5, 5.41) is 6.69. The van der Waals surface area contributed by atoms with E-state index < -0.39 is 0 Å². The summed E-state index contributed by atoms with van der Waals surface area (Å²) in [7, 11) is 3.43. The molecule has 1 rings (SSSR count). The Morgan fingerprint density at radius 1 is 1.19 bits per heavy atom. The summed E-state index contributed by atoms with van der Waals surface area (Å²) in [4.78, 5) is 11.0. The Balaban J connectivity index is 2.49. The molecule has 0 aromatic carbocycles. The Morgan fingerprint density at radius 2 is 1.92 bits per heavy atom. The minimum absolute atomic E-state index is 0.480. The first-order chi connectivity index (χ1) is 12.5. The zero-order valence-corrected chi connectivity index (χ0v) is 17.1. The van der Waals surface area contributed by atoms with E-state index in [0.717, 1.165) is 24.6 Å². The fourth-order valence-corrected chi connectivity index (χ4v) is 2.73. The van der Waals surface area contributed by atoms with E-state index >= 15 is 0 Å². The molecule has 1 aromatic rings. The van der Waals surface area contributed by atoms with Crippen LogP contribution in [-0.2, 0) is 11.3 Å². The van der Waals surface area contributed by atoms with Gasteiger partial charge in [0.1, 0.15) is 6.61 Å². The molecule has 0 unspecified atom stereocenters. The van der Waals surface area contributed by atoms with Gasteiger partial charge in [-0.25, -0.2) is 4.98 Å². The van der Waals surface area contributed by atoms with Crippen LogP contribution in [0.25, 0.3) is 0 Å². The molecule has 0 bridgehead atoms. The van der Waals surface area contributed by atoms with Crippen LogP contribution in [-0.4, -0.2) is 68.4 Å². The van der Waals surface area contributed by atoms with Crippen molar-refractivity contribution in [3.63, 3.8) is 0 Å². The summed E-state index contributed by atoms with van der Waals surface area (Å²) in [6, 6.07) is 4.94. The molecule has 7 nitrogen and oxygen atoms in total. The number of ether oxygens (including phenoxy) is 2. The van der Waals surface area contributed by atoms with Crippen LogP contribution in [0, 0.1) is 0 Å². The summed E-state index contributed by atoms with van der Waals surface area (Å²) in [6.45, 7) is 12.3. The van der Waals surface area contributed by atoms with Gasteiger partial charge in [-0.2, -0.15) is 0 Å². The lowest BCUT2D eigenvalue weighted by molar-refractivity contribution is 0.143. The number of methoxy groups -OCH3 is 1. The molecule has 148 valence electrons. The average Bonchev–Trinajstić information content (AvgIpc) is 2.61. The van der Waals surface area contributed by atoms with Gasteiger partial charge in [-0.15, -0.1) is 0 Å². The molecule has 1 heterocycles. The Morgan fingerprint density at radius 3 is 2.54 bits per heavy atom. The van der Waals surface area contributed by atoms with Crippen molar-refractivity contribution < 1.29 is 9.47 Å². The van der Waals surface area contributed by atoms with Crippen LogP contribution >= 0.6 is 0 Å². The quantitative estimate of drug-likeness (QED) is 0.354. The Kier molecular flexibility index (Phi) is 10.7. The van der Waals surface area contributed by atoms with Crippen LogP contribution < -0.4 is 15.4 Å². The summed E-state index contributed by atoms with van der Waals surface area (Å²) in [5.41, 5.74) is 0.984. The first-order valence-electron chi connectivity index (χ1n) is 9.25. The molecule has 0 aliphatic carbocycles. The van der Waals surface area contributed by atoms with Gasteiger partial charge in [-0.05, 0) is 33.8 Å². The van der Waals surface area contributed by atoms with Crippen molar-refractivity contribution in [2.24, 2.45) is 4.99 Å². The molecular weight excluding hydrogens is 330 g/mol. The third-order valence-corrected chi connectivity index (χ3v) is 4.04. The minimum atomic E-state index is 0.480. The molecule has 0 aliphatic heterocycles. The van der Waals surface area contributed by atoms with E-state index in [1.807, 2.05) is 12.1 Å². The van der Waals surface area contributed by atoms with Crippen molar-refractivity contribution in [1.29, 1.82) is 0 Å². The van der Waals surface area contributed by atoms with Crippen LogP contribution in [0.1, 0.15) is 33.3 Å². The molecule has 0 aliphatic rings. The lowest BCUT2D eigenvalue weighted by Crippen LogP contribution is -2.45. The van der Waals surface area contributed by atoms with Crippen molar-refractivity contribution in [2.75, 3.05) is 40.5 Å². The molecule has 2 N–H and O–H groups in total. The number of nitrogens with one attached hydrogen (secondary N) is 2. The largest absolute Gasteiger partial charge is 0.475 e. The normalized spacial score (nSPS) is 12.1. The molecule has 0 saturated carbocycles. The van der Waals surface area contributed by atoms with E-state index in [0.29, 0.717) is 37.7 Å². The van der Waals surface area contributed by atoms with E-state index in [4.69, 9.17) is 9.47 Å². The van der Waals surface area contributed by atoms with Crippen molar-refractivity contribution in [3.05, 3.63) is 23.9 Å². The number of guanidine groups is 1. The monoisotopic (exact) mass is 365 g/mol. The highest BCUT2D eigenvalue weighted by Crippen LogP contribution is 2.13. The SMILES string of the molecule is CN=C(NCCN(C(C)C)C(C)C)NCc1cccnc1OCCOC. The molecule has 0 saturated heterocycles. The van der Waals surface area contributed by atoms with Crippen molar-refractivity contribution in [3.8, 4) is 5.88 Å². The van der Waals surface area contributed by atoms with Gasteiger partial charge in [0, 0.05) is 57.6 Å². The first-order valence-corrected chi connectivity index (χ1v) is 9.25. The maximum atomic E-state index is 5.67. The molecule has 0 radical (unpaired) electrons. The van der Waals surface area contributed by atoms with Crippen molar-refractivity contribution in [1.82, 2.24) is 20.5 Å². The molecule has 0 atom stereocenters. The van der Waals surface area contributed by atoms with Gasteiger partial charge >= 0.3 is 0 Å². The van der Waals surface area contributed by atoms with Crippen molar-refractivity contribution in [2.45, 2.75) is 46.3 Å². The second-order valence-electron chi connectivity index (χ2n) is 6.59. The highest BCUT2D eigenvalue weighted by molar-refractivity contribution is 5.79. The Labute approximate surface area is 158 Å². The van der Waals surface area contributed by atoms with Crippen LogP contribution in [0.3, 0.4) is 0 Å². The highest BCUT2D eigenvalue weighted by atomic mass is 16.5. The van der Waals surface area contributed by atoms with Crippen LogP contribution in [0.4, 0.5) is 0 Å². The second kappa shape index (κ2) is 12.5.